The number of benzene rings is 1. The number of rotatable bonds is 3. The summed E-state index contributed by atoms with van der Waals surface area (Å²) in [6, 6.07) is 8.73. The first kappa shape index (κ1) is 8.76. The second-order valence-electron chi connectivity index (χ2n) is 3.59. The Morgan fingerprint density at radius 3 is 3.08 bits per heavy atom. The van der Waals surface area contributed by atoms with E-state index in [0.717, 1.165) is 13.2 Å². The summed E-state index contributed by atoms with van der Waals surface area (Å²) < 4.78 is 5.47. The SMILES string of the molecule is CCOCC1CCc2ccccc21. The Balaban J connectivity index is 2.09. The fourth-order valence-electron chi connectivity index (χ4n) is 2.08. The van der Waals surface area contributed by atoms with Crippen LogP contribution in [0.2, 0.25) is 0 Å². The highest BCUT2D eigenvalue weighted by atomic mass is 16.5. The molecule has 1 nitrogen and oxygen atoms in total. The van der Waals surface area contributed by atoms with Gasteiger partial charge in [-0.1, -0.05) is 24.3 Å². The lowest BCUT2D eigenvalue weighted by Crippen LogP contribution is -2.04. The molecule has 0 amide bonds. The first-order valence-electron chi connectivity index (χ1n) is 5.07. The molecule has 0 bridgehead atoms. The van der Waals surface area contributed by atoms with Gasteiger partial charge in [0, 0.05) is 12.5 Å². The maximum Gasteiger partial charge on any atom is 0.0534 e. The molecule has 0 radical (unpaired) electrons. The number of fused-ring (bicyclic) bond motifs is 1. The van der Waals surface area contributed by atoms with Crippen molar-refractivity contribution in [3.63, 3.8) is 0 Å². The Kier molecular flexibility index (Phi) is 2.65. The maximum absolute atomic E-state index is 5.47. The minimum absolute atomic E-state index is 0.649. The minimum atomic E-state index is 0.649. The van der Waals surface area contributed by atoms with Gasteiger partial charge in [0.25, 0.3) is 0 Å². The van der Waals surface area contributed by atoms with Crippen LogP contribution >= 0.6 is 0 Å². The van der Waals surface area contributed by atoms with E-state index in [9.17, 15) is 0 Å². The summed E-state index contributed by atoms with van der Waals surface area (Å²) in [6.45, 7) is 3.78. The normalized spacial score (nSPS) is 20.2. The number of hydrogen-bond donors (Lipinski definition) is 0. The third kappa shape index (κ3) is 1.75. The van der Waals surface area contributed by atoms with Crippen molar-refractivity contribution in [3.05, 3.63) is 35.4 Å². The molecule has 13 heavy (non-hydrogen) atoms. The smallest absolute Gasteiger partial charge is 0.0534 e. The molecule has 0 saturated heterocycles. The monoisotopic (exact) mass is 176 g/mol. The van der Waals surface area contributed by atoms with Gasteiger partial charge < -0.3 is 4.74 Å². The number of hydrogen-bond acceptors (Lipinski definition) is 1. The van der Waals surface area contributed by atoms with Crippen molar-refractivity contribution in [2.75, 3.05) is 13.2 Å². The standard InChI is InChI=1S/C12H16O/c1-2-13-9-11-8-7-10-5-3-4-6-12(10)11/h3-6,11H,2,7-9H2,1H3. The first-order valence-corrected chi connectivity index (χ1v) is 5.07. The molecule has 1 atom stereocenters. The van der Waals surface area contributed by atoms with Crippen LogP contribution in [0.1, 0.15) is 30.4 Å². The van der Waals surface area contributed by atoms with Crippen molar-refractivity contribution in [1.29, 1.82) is 0 Å². The fraction of sp³-hybridized carbons (Fsp3) is 0.500. The van der Waals surface area contributed by atoms with Gasteiger partial charge in [0.2, 0.25) is 0 Å². The minimum Gasteiger partial charge on any atom is -0.381 e. The van der Waals surface area contributed by atoms with Crippen LogP contribution in [0.15, 0.2) is 24.3 Å². The van der Waals surface area contributed by atoms with E-state index in [1.165, 1.54) is 24.0 Å². The summed E-state index contributed by atoms with van der Waals surface area (Å²) in [5, 5.41) is 0. The molecule has 0 aliphatic heterocycles. The molecule has 0 aromatic heterocycles. The van der Waals surface area contributed by atoms with Crippen LogP contribution in [-0.4, -0.2) is 13.2 Å². The van der Waals surface area contributed by atoms with Crippen LogP contribution < -0.4 is 0 Å². The third-order valence-electron chi connectivity index (χ3n) is 2.78. The topological polar surface area (TPSA) is 9.23 Å². The van der Waals surface area contributed by atoms with E-state index in [1.807, 2.05) is 0 Å². The van der Waals surface area contributed by atoms with Crippen molar-refractivity contribution in [1.82, 2.24) is 0 Å². The maximum atomic E-state index is 5.47. The Bertz CT molecular complexity index is 280. The summed E-state index contributed by atoms with van der Waals surface area (Å²) >= 11 is 0. The highest BCUT2D eigenvalue weighted by Crippen LogP contribution is 2.32. The summed E-state index contributed by atoms with van der Waals surface area (Å²) in [4.78, 5) is 0. The lowest BCUT2D eigenvalue weighted by molar-refractivity contribution is 0.132. The van der Waals surface area contributed by atoms with Crippen molar-refractivity contribution in [3.8, 4) is 0 Å². The lowest BCUT2D eigenvalue weighted by atomic mass is 10.0. The number of ether oxygens (including phenoxy) is 1. The van der Waals surface area contributed by atoms with E-state index in [1.54, 1.807) is 0 Å². The van der Waals surface area contributed by atoms with Gasteiger partial charge in [-0.15, -0.1) is 0 Å². The fourth-order valence-corrected chi connectivity index (χ4v) is 2.08. The van der Waals surface area contributed by atoms with Crippen LogP contribution in [0.5, 0.6) is 0 Å². The zero-order valence-corrected chi connectivity index (χ0v) is 8.12. The van der Waals surface area contributed by atoms with Gasteiger partial charge in [-0.3, -0.25) is 0 Å². The summed E-state index contributed by atoms with van der Waals surface area (Å²) in [6.07, 6.45) is 2.49. The van der Waals surface area contributed by atoms with Crippen molar-refractivity contribution in [2.45, 2.75) is 25.7 Å². The predicted molar refractivity (Wildman–Crippen MR) is 54.0 cm³/mol. The first-order chi connectivity index (χ1) is 6.42. The molecule has 2 rings (SSSR count). The molecule has 1 heteroatoms. The van der Waals surface area contributed by atoms with Crippen molar-refractivity contribution in [2.24, 2.45) is 0 Å². The highest BCUT2D eigenvalue weighted by Gasteiger charge is 2.21. The molecule has 0 spiro atoms. The van der Waals surface area contributed by atoms with Crippen LogP contribution in [-0.2, 0) is 11.2 Å². The highest BCUT2D eigenvalue weighted by molar-refractivity contribution is 5.34. The molecular formula is C12H16O. The van der Waals surface area contributed by atoms with E-state index in [2.05, 4.69) is 31.2 Å². The zero-order chi connectivity index (χ0) is 9.10. The summed E-state index contributed by atoms with van der Waals surface area (Å²) in [5.74, 6) is 0.649. The van der Waals surface area contributed by atoms with Crippen molar-refractivity contribution < 1.29 is 4.74 Å². The van der Waals surface area contributed by atoms with Gasteiger partial charge in [-0.05, 0) is 30.9 Å². The summed E-state index contributed by atoms with van der Waals surface area (Å²) in [5.41, 5.74) is 3.03. The van der Waals surface area contributed by atoms with Gasteiger partial charge in [0.05, 0.1) is 6.61 Å². The van der Waals surface area contributed by atoms with E-state index in [-0.39, 0.29) is 0 Å². The van der Waals surface area contributed by atoms with E-state index >= 15 is 0 Å². The van der Waals surface area contributed by atoms with Crippen LogP contribution in [0, 0.1) is 0 Å². The van der Waals surface area contributed by atoms with Crippen LogP contribution in [0.4, 0.5) is 0 Å². The largest absolute Gasteiger partial charge is 0.381 e. The zero-order valence-electron chi connectivity index (χ0n) is 8.12. The van der Waals surface area contributed by atoms with Gasteiger partial charge >= 0.3 is 0 Å². The molecule has 1 aromatic rings. The van der Waals surface area contributed by atoms with Crippen LogP contribution in [0.25, 0.3) is 0 Å². The van der Waals surface area contributed by atoms with Gasteiger partial charge in [-0.25, -0.2) is 0 Å². The molecule has 1 aromatic carbocycles. The Labute approximate surface area is 79.7 Å². The predicted octanol–water partition coefficient (Wildman–Crippen LogP) is 2.75. The Morgan fingerprint density at radius 2 is 2.23 bits per heavy atom. The molecule has 0 N–H and O–H groups in total. The molecular weight excluding hydrogens is 160 g/mol. The van der Waals surface area contributed by atoms with Crippen LogP contribution in [0.3, 0.4) is 0 Å². The third-order valence-corrected chi connectivity index (χ3v) is 2.78. The lowest BCUT2D eigenvalue weighted by Gasteiger charge is -2.10. The van der Waals surface area contributed by atoms with E-state index in [0.29, 0.717) is 5.92 Å². The van der Waals surface area contributed by atoms with E-state index in [4.69, 9.17) is 4.74 Å². The van der Waals surface area contributed by atoms with Crippen molar-refractivity contribution >= 4 is 0 Å². The average Bonchev–Trinajstić information content (AvgIpc) is 2.58. The molecule has 1 aliphatic carbocycles. The molecule has 1 unspecified atom stereocenters. The van der Waals surface area contributed by atoms with E-state index < -0.39 is 0 Å². The second kappa shape index (κ2) is 3.93. The molecule has 0 saturated carbocycles. The molecule has 0 fully saturated rings. The van der Waals surface area contributed by atoms with Gasteiger partial charge in [0.15, 0.2) is 0 Å². The van der Waals surface area contributed by atoms with Gasteiger partial charge in [-0.2, -0.15) is 0 Å². The molecule has 70 valence electrons. The Hall–Kier alpha value is -0.820. The van der Waals surface area contributed by atoms with Gasteiger partial charge in [0.1, 0.15) is 0 Å². The quantitative estimate of drug-likeness (QED) is 0.688. The number of aryl methyl sites for hydroxylation is 1. The second-order valence-corrected chi connectivity index (χ2v) is 3.59. The molecule has 1 aliphatic rings. The average molecular weight is 176 g/mol. The summed E-state index contributed by atoms with van der Waals surface area (Å²) in [7, 11) is 0. The Morgan fingerprint density at radius 1 is 1.38 bits per heavy atom. The molecule has 0 heterocycles.